The highest BCUT2D eigenvalue weighted by Gasteiger charge is 2.44. The molecule has 0 spiro atoms. The van der Waals surface area contributed by atoms with Crippen LogP contribution in [-0.4, -0.2) is 47.6 Å². The summed E-state index contributed by atoms with van der Waals surface area (Å²) in [6, 6.07) is 0. The molecule has 2 rings (SSSR count). The SMILES string of the molecule is CCC1(C)CN(CC2(SC)CC2)CCCN1. The summed E-state index contributed by atoms with van der Waals surface area (Å²) in [7, 11) is 0. The van der Waals surface area contributed by atoms with Crippen molar-refractivity contribution < 1.29 is 0 Å². The lowest BCUT2D eigenvalue weighted by Gasteiger charge is -2.34. The molecule has 94 valence electrons. The lowest BCUT2D eigenvalue weighted by molar-refractivity contribution is 0.213. The quantitative estimate of drug-likeness (QED) is 0.815. The highest BCUT2D eigenvalue weighted by molar-refractivity contribution is 8.00. The van der Waals surface area contributed by atoms with Gasteiger partial charge in [0.05, 0.1) is 0 Å². The zero-order valence-electron chi connectivity index (χ0n) is 11.0. The molecule has 0 aromatic heterocycles. The summed E-state index contributed by atoms with van der Waals surface area (Å²) in [4.78, 5) is 2.70. The van der Waals surface area contributed by atoms with Crippen LogP contribution in [0.15, 0.2) is 0 Å². The summed E-state index contributed by atoms with van der Waals surface area (Å²) in [6.45, 7) is 9.69. The van der Waals surface area contributed by atoms with Crippen LogP contribution in [0.4, 0.5) is 0 Å². The monoisotopic (exact) mass is 242 g/mol. The summed E-state index contributed by atoms with van der Waals surface area (Å²) in [5, 5.41) is 3.71. The van der Waals surface area contributed by atoms with E-state index in [2.05, 4.69) is 42.1 Å². The van der Waals surface area contributed by atoms with Gasteiger partial charge in [-0.25, -0.2) is 0 Å². The van der Waals surface area contributed by atoms with Gasteiger partial charge >= 0.3 is 0 Å². The fourth-order valence-electron chi connectivity index (χ4n) is 2.67. The lowest BCUT2D eigenvalue weighted by atomic mass is 9.98. The average molecular weight is 242 g/mol. The van der Waals surface area contributed by atoms with E-state index in [0.717, 1.165) is 0 Å². The molecule has 1 aliphatic carbocycles. The van der Waals surface area contributed by atoms with Gasteiger partial charge in [-0.3, -0.25) is 0 Å². The van der Waals surface area contributed by atoms with Crippen LogP contribution in [0.2, 0.25) is 0 Å². The lowest BCUT2D eigenvalue weighted by Crippen LogP contribution is -2.49. The van der Waals surface area contributed by atoms with E-state index in [4.69, 9.17) is 0 Å². The third kappa shape index (κ3) is 2.93. The van der Waals surface area contributed by atoms with Crippen molar-refractivity contribution in [3.8, 4) is 0 Å². The Balaban J connectivity index is 1.93. The summed E-state index contributed by atoms with van der Waals surface area (Å²) >= 11 is 2.08. The molecule has 0 radical (unpaired) electrons. The van der Waals surface area contributed by atoms with Crippen molar-refractivity contribution in [2.24, 2.45) is 0 Å². The van der Waals surface area contributed by atoms with Gasteiger partial charge in [0.1, 0.15) is 0 Å². The molecular formula is C13H26N2S. The Labute approximate surface area is 105 Å². The van der Waals surface area contributed by atoms with Crippen molar-refractivity contribution >= 4 is 11.8 Å². The molecule has 0 aromatic rings. The summed E-state index contributed by atoms with van der Waals surface area (Å²) in [5.74, 6) is 0. The van der Waals surface area contributed by atoms with Crippen LogP contribution in [-0.2, 0) is 0 Å². The minimum absolute atomic E-state index is 0.338. The molecule has 2 fully saturated rings. The fourth-order valence-corrected chi connectivity index (χ4v) is 3.49. The van der Waals surface area contributed by atoms with Crippen LogP contribution in [0.5, 0.6) is 0 Å². The Bertz CT molecular complexity index is 240. The van der Waals surface area contributed by atoms with E-state index in [0.29, 0.717) is 10.3 Å². The second-order valence-electron chi connectivity index (χ2n) is 5.79. The predicted molar refractivity (Wildman–Crippen MR) is 73.2 cm³/mol. The molecule has 1 atom stereocenters. The standard InChI is InChI=1S/C13H26N2S/c1-4-12(2)10-15(9-5-8-14-12)11-13(16-3)6-7-13/h14H,4-11H2,1-3H3. The van der Waals surface area contributed by atoms with Crippen LogP contribution in [0.3, 0.4) is 0 Å². The van der Waals surface area contributed by atoms with Crippen molar-refractivity contribution in [2.45, 2.75) is 49.8 Å². The normalized spacial score (nSPS) is 34.7. The van der Waals surface area contributed by atoms with Gasteiger partial charge in [0, 0.05) is 23.4 Å². The third-order valence-corrected chi connectivity index (χ3v) is 5.71. The molecule has 1 unspecified atom stereocenters. The maximum Gasteiger partial charge on any atom is 0.0285 e. The number of thioether (sulfide) groups is 1. The van der Waals surface area contributed by atoms with Gasteiger partial charge in [0.25, 0.3) is 0 Å². The fraction of sp³-hybridized carbons (Fsp3) is 1.00. The molecule has 0 bridgehead atoms. The average Bonchev–Trinajstić information content (AvgIpc) is 3.06. The zero-order valence-corrected chi connectivity index (χ0v) is 11.8. The van der Waals surface area contributed by atoms with Gasteiger partial charge in [0.15, 0.2) is 0 Å². The minimum atomic E-state index is 0.338. The number of hydrogen-bond donors (Lipinski definition) is 1. The van der Waals surface area contributed by atoms with Crippen molar-refractivity contribution in [3.05, 3.63) is 0 Å². The summed E-state index contributed by atoms with van der Waals surface area (Å²) in [5.41, 5.74) is 0.338. The Morgan fingerprint density at radius 1 is 1.38 bits per heavy atom. The van der Waals surface area contributed by atoms with Gasteiger partial charge in [-0.15, -0.1) is 0 Å². The van der Waals surface area contributed by atoms with E-state index in [1.54, 1.807) is 0 Å². The molecule has 16 heavy (non-hydrogen) atoms. The van der Waals surface area contributed by atoms with Gasteiger partial charge in [0.2, 0.25) is 0 Å². The first kappa shape index (κ1) is 12.7. The second kappa shape index (κ2) is 4.87. The molecular weight excluding hydrogens is 216 g/mol. The Morgan fingerprint density at radius 2 is 2.12 bits per heavy atom. The van der Waals surface area contributed by atoms with Crippen LogP contribution in [0, 0.1) is 0 Å². The van der Waals surface area contributed by atoms with Crippen LogP contribution in [0.1, 0.15) is 39.5 Å². The molecule has 3 heteroatoms. The first-order valence-electron chi connectivity index (χ1n) is 6.64. The van der Waals surface area contributed by atoms with Gasteiger partial charge in [-0.1, -0.05) is 6.92 Å². The molecule has 1 saturated heterocycles. The van der Waals surface area contributed by atoms with E-state index < -0.39 is 0 Å². The van der Waals surface area contributed by atoms with E-state index in [1.165, 1.54) is 51.9 Å². The predicted octanol–water partition coefficient (Wildman–Crippen LogP) is 2.35. The molecule has 2 aliphatic rings. The summed E-state index contributed by atoms with van der Waals surface area (Å²) < 4.78 is 0.624. The number of hydrogen-bond acceptors (Lipinski definition) is 3. The topological polar surface area (TPSA) is 15.3 Å². The molecule has 1 aliphatic heterocycles. The molecule has 0 aromatic carbocycles. The van der Waals surface area contributed by atoms with E-state index in [-0.39, 0.29) is 0 Å². The van der Waals surface area contributed by atoms with Gasteiger partial charge in [-0.05, 0) is 52.0 Å². The maximum atomic E-state index is 3.71. The largest absolute Gasteiger partial charge is 0.310 e. The first-order chi connectivity index (χ1) is 7.61. The number of rotatable bonds is 4. The zero-order chi connectivity index (χ0) is 11.6. The van der Waals surface area contributed by atoms with Crippen molar-refractivity contribution in [1.29, 1.82) is 0 Å². The highest BCUT2D eigenvalue weighted by atomic mass is 32.2. The smallest absolute Gasteiger partial charge is 0.0285 e. The number of nitrogens with zero attached hydrogens (tertiary/aromatic N) is 1. The Kier molecular flexibility index (Phi) is 3.87. The van der Waals surface area contributed by atoms with E-state index in [1.807, 2.05) is 0 Å². The number of nitrogens with one attached hydrogen (secondary N) is 1. The Hall–Kier alpha value is 0.270. The van der Waals surface area contributed by atoms with Crippen LogP contribution < -0.4 is 5.32 Å². The molecule has 0 amide bonds. The van der Waals surface area contributed by atoms with Crippen molar-refractivity contribution in [3.63, 3.8) is 0 Å². The minimum Gasteiger partial charge on any atom is -0.310 e. The molecule has 1 heterocycles. The maximum absolute atomic E-state index is 3.71. The van der Waals surface area contributed by atoms with E-state index in [9.17, 15) is 0 Å². The van der Waals surface area contributed by atoms with Crippen molar-refractivity contribution in [1.82, 2.24) is 10.2 Å². The Morgan fingerprint density at radius 3 is 2.69 bits per heavy atom. The third-order valence-electron chi connectivity index (χ3n) is 4.31. The van der Waals surface area contributed by atoms with Gasteiger partial charge < -0.3 is 10.2 Å². The molecule has 2 nitrogen and oxygen atoms in total. The van der Waals surface area contributed by atoms with Crippen LogP contribution in [0.25, 0.3) is 0 Å². The molecule has 1 saturated carbocycles. The van der Waals surface area contributed by atoms with E-state index >= 15 is 0 Å². The second-order valence-corrected chi connectivity index (χ2v) is 7.07. The van der Waals surface area contributed by atoms with Crippen molar-refractivity contribution in [2.75, 3.05) is 32.4 Å². The molecule has 1 N–H and O–H groups in total. The summed E-state index contributed by atoms with van der Waals surface area (Å²) in [6.07, 6.45) is 7.68. The highest BCUT2D eigenvalue weighted by Crippen LogP contribution is 2.47. The van der Waals surface area contributed by atoms with Gasteiger partial charge in [-0.2, -0.15) is 11.8 Å². The first-order valence-corrected chi connectivity index (χ1v) is 7.86. The van der Waals surface area contributed by atoms with Crippen LogP contribution >= 0.6 is 11.8 Å².